The van der Waals surface area contributed by atoms with E-state index in [2.05, 4.69) is 24.1 Å². The highest BCUT2D eigenvalue weighted by atomic mass is 35.5. The first-order valence-corrected chi connectivity index (χ1v) is 6.72. The molecule has 100 valence electrons. The molecular formula is C15H17ClN2O. The third kappa shape index (κ3) is 2.87. The SMILES string of the molecule is CC(C)C(C)NC(=O)c1cnc(Cl)c2ccccc12. The maximum Gasteiger partial charge on any atom is 0.253 e. The summed E-state index contributed by atoms with van der Waals surface area (Å²) >= 11 is 6.05. The van der Waals surface area contributed by atoms with Gasteiger partial charge in [-0.3, -0.25) is 4.79 Å². The zero-order valence-electron chi connectivity index (χ0n) is 11.3. The van der Waals surface area contributed by atoms with E-state index < -0.39 is 0 Å². The second-order valence-corrected chi connectivity index (χ2v) is 5.37. The van der Waals surface area contributed by atoms with Crippen molar-refractivity contribution in [3.8, 4) is 0 Å². The van der Waals surface area contributed by atoms with Gasteiger partial charge in [0, 0.05) is 17.6 Å². The summed E-state index contributed by atoms with van der Waals surface area (Å²) in [5.41, 5.74) is 0.563. The minimum atomic E-state index is -0.110. The topological polar surface area (TPSA) is 42.0 Å². The molecule has 1 aromatic carbocycles. The van der Waals surface area contributed by atoms with Gasteiger partial charge >= 0.3 is 0 Å². The van der Waals surface area contributed by atoms with Crippen LogP contribution in [0.25, 0.3) is 10.8 Å². The van der Waals surface area contributed by atoms with E-state index in [0.717, 1.165) is 10.8 Å². The lowest BCUT2D eigenvalue weighted by atomic mass is 10.0. The summed E-state index contributed by atoms with van der Waals surface area (Å²) in [4.78, 5) is 16.4. The number of amides is 1. The minimum Gasteiger partial charge on any atom is -0.349 e. The van der Waals surface area contributed by atoms with Crippen molar-refractivity contribution in [2.45, 2.75) is 26.8 Å². The lowest BCUT2D eigenvalue weighted by Gasteiger charge is -2.18. The van der Waals surface area contributed by atoms with Crippen molar-refractivity contribution in [1.82, 2.24) is 10.3 Å². The predicted octanol–water partition coefficient (Wildman–Crippen LogP) is 3.66. The molecule has 2 aromatic rings. The number of benzene rings is 1. The Morgan fingerprint density at radius 1 is 1.21 bits per heavy atom. The highest BCUT2D eigenvalue weighted by Crippen LogP contribution is 2.24. The van der Waals surface area contributed by atoms with Gasteiger partial charge in [0.05, 0.1) is 5.56 Å². The third-order valence-electron chi connectivity index (χ3n) is 3.35. The van der Waals surface area contributed by atoms with E-state index in [4.69, 9.17) is 11.6 Å². The van der Waals surface area contributed by atoms with Crippen LogP contribution in [0.4, 0.5) is 0 Å². The number of nitrogens with one attached hydrogen (secondary N) is 1. The largest absolute Gasteiger partial charge is 0.349 e. The van der Waals surface area contributed by atoms with E-state index >= 15 is 0 Å². The molecule has 1 amide bonds. The monoisotopic (exact) mass is 276 g/mol. The van der Waals surface area contributed by atoms with Gasteiger partial charge in [-0.25, -0.2) is 4.98 Å². The molecule has 1 N–H and O–H groups in total. The molecule has 1 unspecified atom stereocenters. The van der Waals surface area contributed by atoms with Crippen LogP contribution in [-0.2, 0) is 0 Å². The van der Waals surface area contributed by atoms with Crippen LogP contribution in [-0.4, -0.2) is 16.9 Å². The number of fused-ring (bicyclic) bond motifs is 1. The van der Waals surface area contributed by atoms with Crippen molar-refractivity contribution < 1.29 is 4.79 Å². The Morgan fingerprint density at radius 3 is 2.47 bits per heavy atom. The van der Waals surface area contributed by atoms with Crippen molar-refractivity contribution in [3.05, 3.63) is 41.2 Å². The maximum absolute atomic E-state index is 12.3. The van der Waals surface area contributed by atoms with E-state index in [1.807, 2.05) is 31.2 Å². The number of rotatable bonds is 3. The van der Waals surface area contributed by atoms with Crippen molar-refractivity contribution >= 4 is 28.3 Å². The van der Waals surface area contributed by atoms with E-state index in [1.165, 1.54) is 6.20 Å². The van der Waals surface area contributed by atoms with Crippen LogP contribution in [0.15, 0.2) is 30.5 Å². The van der Waals surface area contributed by atoms with Crippen LogP contribution in [0.2, 0.25) is 5.15 Å². The summed E-state index contributed by atoms with van der Waals surface area (Å²) < 4.78 is 0. The zero-order chi connectivity index (χ0) is 14.0. The number of carbonyl (C=O) groups excluding carboxylic acids is 1. The fourth-order valence-corrected chi connectivity index (χ4v) is 2.00. The highest BCUT2D eigenvalue weighted by Gasteiger charge is 2.16. The molecule has 0 aliphatic carbocycles. The smallest absolute Gasteiger partial charge is 0.253 e. The van der Waals surface area contributed by atoms with Crippen LogP contribution in [0.3, 0.4) is 0 Å². The first-order valence-electron chi connectivity index (χ1n) is 6.34. The zero-order valence-corrected chi connectivity index (χ0v) is 12.0. The van der Waals surface area contributed by atoms with Gasteiger partial charge in [0.1, 0.15) is 5.15 Å². The maximum atomic E-state index is 12.3. The van der Waals surface area contributed by atoms with Crippen molar-refractivity contribution in [3.63, 3.8) is 0 Å². The van der Waals surface area contributed by atoms with Crippen molar-refractivity contribution in [2.75, 3.05) is 0 Å². The third-order valence-corrected chi connectivity index (χ3v) is 3.65. The second-order valence-electron chi connectivity index (χ2n) is 5.01. The first kappa shape index (κ1) is 13.8. The molecule has 0 saturated carbocycles. The number of nitrogens with zero attached hydrogens (tertiary/aromatic N) is 1. The summed E-state index contributed by atoms with van der Waals surface area (Å²) in [7, 11) is 0. The van der Waals surface area contributed by atoms with Crippen molar-refractivity contribution in [1.29, 1.82) is 0 Å². The Balaban J connectivity index is 2.40. The van der Waals surface area contributed by atoms with Gasteiger partial charge in [0.15, 0.2) is 0 Å². The summed E-state index contributed by atoms with van der Waals surface area (Å²) in [6, 6.07) is 7.64. The Labute approximate surface area is 118 Å². The molecule has 0 bridgehead atoms. The van der Waals surface area contributed by atoms with Crippen LogP contribution in [0.5, 0.6) is 0 Å². The number of carbonyl (C=O) groups is 1. The quantitative estimate of drug-likeness (QED) is 0.869. The summed E-state index contributed by atoms with van der Waals surface area (Å²) in [6.45, 7) is 6.14. The van der Waals surface area contributed by atoms with Gasteiger partial charge < -0.3 is 5.32 Å². The second kappa shape index (κ2) is 5.57. The Bertz CT molecular complexity index is 610. The fraction of sp³-hybridized carbons (Fsp3) is 0.333. The number of hydrogen-bond donors (Lipinski definition) is 1. The number of halogens is 1. The molecule has 0 radical (unpaired) electrons. The van der Waals surface area contributed by atoms with Crippen LogP contribution >= 0.6 is 11.6 Å². The molecule has 1 aromatic heterocycles. The fourth-order valence-electron chi connectivity index (χ4n) is 1.79. The molecule has 0 fully saturated rings. The van der Waals surface area contributed by atoms with Gasteiger partial charge in [-0.1, -0.05) is 49.7 Å². The normalized spacial score (nSPS) is 12.7. The molecule has 19 heavy (non-hydrogen) atoms. The van der Waals surface area contributed by atoms with Gasteiger partial charge in [-0.2, -0.15) is 0 Å². The highest BCUT2D eigenvalue weighted by molar-refractivity contribution is 6.34. The van der Waals surface area contributed by atoms with E-state index in [-0.39, 0.29) is 11.9 Å². The van der Waals surface area contributed by atoms with Crippen LogP contribution < -0.4 is 5.32 Å². The Hall–Kier alpha value is -1.61. The molecule has 0 saturated heterocycles. The standard InChI is InChI=1S/C15H17ClN2O/c1-9(2)10(3)18-15(19)13-8-17-14(16)12-7-5-4-6-11(12)13/h4-10H,1-3H3,(H,18,19). The van der Waals surface area contributed by atoms with E-state index in [1.54, 1.807) is 0 Å². The Kier molecular flexibility index (Phi) is 4.05. The lowest BCUT2D eigenvalue weighted by molar-refractivity contribution is 0.0932. The lowest BCUT2D eigenvalue weighted by Crippen LogP contribution is -2.36. The summed E-state index contributed by atoms with van der Waals surface area (Å²) in [5.74, 6) is 0.275. The van der Waals surface area contributed by atoms with Gasteiger partial charge in [0.2, 0.25) is 0 Å². The summed E-state index contributed by atoms with van der Waals surface area (Å²) in [5, 5.41) is 5.04. The van der Waals surface area contributed by atoms with Gasteiger partial charge in [-0.15, -0.1) is 0 Å². The Morgan fingerprint density at radius 2 is 1.84 bits per heavy atom. The van der Waals surface area contributed by atoms with E-state index in [0.29, 0.717) is 16.6 Å². The van der Waals surface area contributed by atoms with E-state index in [9.17, 15) is 4.79 Å². The molecule has 0 spiro atoms. The van der Waals surface area contributed by atoms with Crippen LogP contribution in [0.1, 0.15) is 31.1 Å². The summed E-state index contributed by atoms with van der Waals surface area (Å²) in [6.07, 6.45) is 1.53. The van der Waals surface area contributed by atoms with Gasteiger partial charge in [-0.05, 0) is 18.2 Å². The number of pyridine rings is 1. The molecule has 4 heteroatoms. The molecule has 1 atom stereocenters. The number of aromatic nitrogens is 1. The predicted molar refractivity (Wildman–Crippen MR) is 78.5 cm³/mol. The molecule has 2 rings (SSSR count). The van der Waals surface area contributed by atoms with Gasteiger partial charge in [0.25, 0.3) is 5.91 Å². The number of hydrogen-bond acceptors (Lipinski definition) is 2. The average Bonchev–Trinajstić information content (AvgIpc) is 2.39. The molecule has 1 heterocycles. The minimum absolute atomic E-state index is 0.110. The molecule has 0 aliphatic heterocycles. The molecule has 0 aliphatic rings. The van der Waals surface area contributed by atoms with Crippen molar-refractivity contribution in [2.24, 2.45) is 5.92 Å². The average molecular weight is 277 g/mol. The first-order chi connectivity index (χ1) is 9.00. The molecular weight excluding hydrogens is 260 g/mol. The molecule has 3 nitrogen and oxygen atoms in total. The van der Waals surface area contributed by atoms with Crippen LogP contribution in [0, 0.1) is 5.92 Å².